The molecule has 3 amide bonds. The van der Waals surface area contributed by atoms with Crippen LogP contribution in [-0.2, 0) is 4.79 Å². The molecule has 1 aromatic carbocycles. The van der Waals surface area contributed by atoms with Gasteiger partial charge in [-0.2, -0.15) is 0 Å². The van der Waals surface area contributed by atoms with Gasteiger partial charge in [-0.05, 0) is 32.4 Å². The number of hydrogen-bond donors (Lipinski definition) is 2. The summed E-state index contributed by atoms with van der Waals surface area (Å²) < 4.78 is 0. The van der Waals surface area contributed by atoms with Gasteiger partial charge in [0.05, 0.1) is 6.54 Å². The van der Waals surface area contributed by atoms with Crippen molar-refractivity contribution in [1.82, 2.24) is 5.32 Å². The lowest BCUT2D eigenvalue weighted by molar-refractivity contribution is -0.118. The van der Waals surface area contributed by atoms with Crippen LogP contribution in [0, 0.1) is 13.8 Å². The zero-order chi connectivity index (χ0) is 13.7. The number of aryl methyl sites for hydroxylation is 2. The lowest BCUT2D eigenvalue weighted by Gasteiger charge is -2.24. The van der Waals surface area contributed by atoms with Crippen molar-refractivity contribution in [3.05, 3.63) is 29.3 Å². The number of carbonyl (C=O) groups is 2. The summed E-state index contributed by atoms with van der Waals surface area (Å²) in [6.45, 7) is 6.76. The number of nitrogens with one attached hydrogen (secondary N) is 1. The number of hydrogen-bond acceptors (Lipinski definition) is 3. The molecule has 0 fully saturated rings. The Kier molecular flexibility index (Phi) is 4.71. The van der Waals surface area contributed by atoms with Crippen molar-refractivity contribution in [2.24, 2.45) is 5.73 Å². The van der Waals surface area contributed by atoms with Gasteiger partial charge in [-0.3, -0.25) is 10.1 Å². The number of anilines is 1. The number of benzene rings is 1. The number of urea groups is 1. The summed E-state index contributed by atoms with van der Waals surface area (Å²) in [6, 6.07) is 5.21. The highest BCUT2D eigenvalue weighted by Gasteiger charge is 2.12. The molecule has 0 aromatic heterocycles. The molecular formula is C13H19N3O2. The normalized spacial score (nSPS) is 9.94. The van der Waals surface area contributed by atoms with E-state index in [4.69, 9.17) is 5.73 Å². The predicted octanol–water partition coefficient (Wildman–Crippen LogP) is 1.32. The van der Waals surface area contributed by atoms with Crippen LogP contribution in [0.5, 0.6) is 0 Å². The van der Waals surface area contributed by atoms with E-state index in [9.17, 15) is 9.59 Å². The van der Waals surface area contributed by atoms with Gasteiger partial charge in [0, 0.05) is 12.2 Å². The number of nitrogens with two attached hydrogens (primary N) is 1. The summed E-state index contributed by atoms with van der Waals surface area (Å²) in [5.41, 5.74) is 8.17. The van der Waals surface area contributed by atoms with Crippen molar-refractivity contribution in [3.63, 3.8) is 0 Å². The first-order chi connectivity index (χ1) is 8.43. The minimum Gasteiger partial charge on any atom is -0.362 e. The van der Waals surface area contributed by atoms with Gasteiger partial charge in [0.2, 0.25) is 5.91 Å². The van der Waals surface area contributed by atoms with Crippen molar-refractivity contribution < 1.29 is 9.59 Å². The van der Waals surface area contributed by atoms with Crippen LogP contribution >= 0.6 is 0 Å². The molecule has 0 saturated heterocycles. The van der Waals surface area contributed by atoms with Crippen molar-refractivity contribution in [2.45, 2.75) is 20.8 Å². The van der Waals surface area contributed by atoms with Crippen LogP contribution < -0.4 is 16.0 Å². The second-order valence-corrected chi connectivity index (χ2v) is 4.22. The second-order valence-electron chi connectivity index (χ2n) is 4.22. The van der Waals surface area contributed by atoms with E-state index in [1.807, 2.05) is 37.8 Å². The molecule has 0 saturated carbocycles. The first kappa shape index (κ1) is 14.0. The number of likely N-dealkylation sites (N-methyl/N-ethyl adjacent to an activating group) is 1. The number of carbonyl (C=O) groups excluding carboxylic acids is 2. The molecule has 3 N–H and O–H groups in total. The minimum absolute atomic E-state index is 0.114. The third-order valence-corrected chi connectivity index (χ3v) is 2.67. The molecular weight excluding hydrogens is 230 g/mol. The smallest absolute Gasteiger partial charge is 0.318 e. The van der Waals surface area contributed by atoms with Crippen molar-refractivity contribution in [3.8, 4) is 0 Å². The van der Waals surface area contributed by atoms with E-state index in [0.29, 0.717) is 6.54 Å². The van der Waals surface area contributed by atoms with Gasteiger partial charge >= 0.3 is 6.03 Å². The topological polar surface area (TPSA) is 75.4 Å². The number of rotatable bonds is 4. The Balaban J connectivity index is 2.83. The maximum atomic E-state index is 11.5. The van der Waals surface area contributed by atoms with Gasteiger partial charge in [0.15, 0.2) is 0 Å². The molecule has 0 bridgehead atoms. The van der Waals surface area contributed by atoms with Gasteiger partial charge in [0.1, 0.15) is 0 Å². The first-order valence-corrected chi connectivity index (χ1v) is 5.85. The van der Waals surface area contributed by atoms with Gasteiger partial charge < -0.3 is 10.6 Å². The zero-order valence-electron chi connectivity index (χ0n) is 11.0. The van der Waals surface area contributed by atoms with E-state index in [1.54, 1.807) is 0 Å². The highest BCUT2D eigenvalue weighted by Crippen LogP contribution is 2.20. The van der Waals surface area contributed by atoms with Crippen LogP contribution in [0.25, 0.3) is 0 Å². The third-order valence-electron chi connectivity index (χ3n) is 2.67. The monoisotopic (exact) mass is 249 g/mol. The lowest BCUT2D eigenvalue weighted by Crippen LogP contribution is -2.42. The molecule has 0 unspecified atom stereocenters. The van der Waals surface area contributed by atoms with E-state index < -0.39 is 11.9 Å². The van der Waals surface area contributed by atoms with E-state index >= 15 is 0 Å². The molecule has 18 heavy (non-hydrogen) atoms. The van der Waals surface area contributed by atoms with E-state index in [1.165, 1.54) is 5.56 Å². The fraction of sp³-hybridized carbons (Fsp3) is 0.385. The van der Waals surface area contributed by atoms with Crippen LogP contribution in [0.3, 0.4) is 0 Å². The molecule has 0 radical (unpaired) electrons. The number of amides is 3. The molecule has 0 spiro atoms. The Labute approximate surface area is 107 Å². The third kappa shape index (κ3) is 3.76. The van der Waals surface area contributed by atoms with E-state index in [2.05, 4.69) is 11.4 Å². The number of nitrogens with zero attached hydrogens (tertiary/aromatic N) is 1. The average Bonchev–Trinajstić information content (AvgIpc) is 2.25. The molecule has 5 nitrogen and oxygen atoms in total. The molecule has 0 aliphatic rings. The molecule has 1 aromatic rings. The van der Waals surface area contributed by atoms with Gasteiger partial charge in [-0.1, -0.05) is 17.7 Å². The molecule has 98 valence electrons. The summed E-state index contributed by atoms with van der Waals surface area (Å²) in [4.78, 5) is 24.0. The van der Waals surface area contributed by atoms with E-state index in [0.717, 1.165) is 11.3 Å². The standard InChI is InChI=1S/C13H19N3O2/c1-4-16(8-12(17)15-13(14)18)11-6-5-9(2)7-10(11)3/h5-7H,4,8H2,1-3H3,(H3,14,15,17,18). The van der Waals surface area contributed by atoms with Gasteiger partial charge in [-0.25, -0.2) is 4.79 Å². The van der Waals surface area contributed by atoms with Crippen LogP contribution in [0.15, 0.2) is 18.2 Å². The van der Waals surface area contributed by atoms with Crippen LogP contribution in [0.1, 0.15) is 18.1 Å². The predicted molar refractivity (Wildman–Crippen MR) is 71.5 cm³/mol. The second kappa shape index (κ2) is 6.05. The fourth-order valence-corrected chi connectivity index (χ4v) is 1.88. The Morgan fingerprint density at radius 3 is 2.50 bits per heavy atom. The van der Waals surface area contributed by atoms with Crippen molar-refractivity contribution in [2.75, 3.05) is 18.0 Å². The maximum Gasteiger partial charge on any atom is 0.318 e. The highest BCUT2D eigenvalue weighted by atomic mass is 16.2. The van der Waals surface area contributed by atoms with Gasteiger partial charge in [0.25, 0.3) is 0 Å². The van der Waals surface area contributed by atoms with Crippen molar-refractivity contribution in [1.29, 1.82) is 0 Å². The number of imide groups is 1. The van der Waals surface area contributed by atoms with Crippen LogP contribution in [0.4, 0.5) is 10.5 Å². The summed E-state index contributed by atoms with van der Waals surface area (Å²) >= 11 is 0. The molecule has 5 heteroatoms. The molecule has 0 aliphatic carbocycles. The summed E-state index contributed by atoms with van der Waals surface area (Å²) in [5.74, 6) is -0.399. The first-order valence-electron chi connectivity index (χ1n) is 5.85. The highest BCUT2D eigenvalue weighted by molar-refractivity contribution is 5.95. The number of primary amides is 1. The summed E-state index contributed by atoms with van der Waals surface area (Å²) in [7, 11) is 0. The Morgan fingerprint density at radius 1 is 1.33 bits per heavy atom. The van der Waals surface area contributed by atoms with Gasteiger partial charge in [-0.15, -0.1) is 0 Å². The Hall–Kier alpha value is -2.04. The van der Waals surface area contributed by atoms with Crippen LogP contribution in [-0.4, -0.2) is 25.0 Å². The zero-order valence-corrected chi connectivity index (χ0v) is 11.0. The quantitative estimate of drug-likeness (QED) is 0.845. The van der Waals surface area contributed by atoms with Crippen LogP contribution in [0.2, 0.25) is 0 Å². The minimum atomic E-state index is -0.823. The Bertz CT molecular complexity index is 458. The molecule has 0 atom stereocenters. The Morgan fingerprint density at radius 2 is 2.00 bits per heavy atom. The fourth-order valence-electron chi connectivity index (χ4n) is 1.88. The molecule has 0 heterocycles. The van der Waals surface area contributed by atoms with E-state index in [-0.39, 0.29) is 6.54 Å². The average molecular weight is 249 g/mol. The molecule has 0 aliphatic heterocycles. The molecule has 1 rings (SSSR count). The van der Waals surface area contributed by atoms with Crippen molar-refractivity contribution >= 4 is 17.6 Å². The SMILES string of the molecule is CCN(CC(=O)NC(N)=O)c1ccc(C)cc1C. The summed E-state index contributed by atoms with van der Waals surface area (Å²) in [6.07, 6.45) is 0. The largest absolute Gasteiger partial charge is 0.362 e. The maximum absolute atomic E-state index is 11.5. The summed E-state index contributed by atoms with van der Waals surface area (Å²) in [5, 5.41) is 2.07. The lowest BCUT2D eigenvalue weighted by atomic mass is 10.1.